The van der Waals surface area contributed by atoms with E-state index < -0.39 is 0 Å². The summed E-state index contributed by atoms with van der Waals surface area (Å²) in [5.74, 6) is 0. The summed E-state index contributed by atoms with van der Waals surface area (Å²) in [6.45, 7) is 0.826. The van der Waals surface area contributed by atoms with Crippen LogP contribution in [0.2, 0.25) is 0 Å². The summed E-state index contributed by atoms with van der Waals surface area (Å²) in [5, 5.41) is 18.5. The maximum atomic E-state index is 9.33. The van der Waals surface area contributed by atoms with Crippen LogP contribution in [-0.4, -0.2) is 23.7 Å². The van der Waals surface area contributed by atoms with Crippen LogP contribution in [0.25, 0.3) is 0 Å². The van der Waals surface area contributed by atoms with Gasteiger partial charge in [-0.3, -0.25) is 4.90 Å². The molecule has 1 N–H and O–H groups in total. The molecule has 2 aromatic carbocycles. The van der Waals surface area contributed by atoms with E-state index in [1.807, 2.05) is 49.5 Å². The number of aliphatic hydroxyl groups excluding tert-OH is 1. The second kappa shape index (κ2) is 7.58. The van der Waals surface area contributed by atoms with E-state index in [0.29, 0.717) is 18.5 Å². The Bertz CT molecular complexity index is 604. The van der Waals surface area contributed by atoms with E-state index in [1.165, 1.54) is 5.56 Å². The monoisotopic (exact) mass is 280 g/mol. The van der Waals surface area contributed by atoms with Crippen molar-refractivity contribution in [3.8, 4) is 6.07 Å². The molecular formula is C18H20N2O. The van der Waals surface area contributed by atoms with Crippen molar-refractivity contribution >= 4 is 0 Å². The van der Waals surface area contributed by atoms with Gasteiger partial charge in [0.05, 0.1) is 11.6 Å². The fraction of sp³-hybridized carbons (Fsp3) is 0.278. The van der Waals surface area contributed by atoms with Crippen LogP contribution in [0.3, 0.4) is 0 Å². The predicted octanol–water partition coefficient (Wildman–Crippen LogP) is 3.11. The fourth-order valence-electron chi connectivity index (χ4n) is 2.59. The molecule has 2 aromatic rings. The topological polar surface area (TPSA) is 47.3 Å². The van der Waals surface area contributed by atoms with E-state index in [-0.39, 0.29) is 12.6 Å². The third-order valence-electron chi connectivity index (χ3n) is 3.68. The van der Waals surface area contributed by atoms with Crippen LogP contribution in [-0.2, 0) is 6.54 Å². The highest BCUT2D eigenvalue weighted by molar-refractivity contribution is 5.37. The standard InChI is InChI=1S/C18H20N2O/c1-20(14-17-10-6-5-9-16(17)13-19)18(11-12-21)15-7-3-2-4-8-15/h2-10,18,21H,11-12,14H2,1H3/t18-/m1/s1. The highest BCUT2D eigenvalue weighted by Gasteiger charge is 2.17. The Balaban J connectivity index is 2.20. The van der Waals surface area contributed by atoms with Gasteiger partial charge < -0.3 is 5.11 Å². The molecule has 108 valence electrons. The minimum absolute atomic E-state index is 0.142. The molecule has 0 spiro atoms. The molecule has 0 saturated carbocycles. The van der Waals surface area contributed by atoms with Crippen LogP contribution >= 0.6 is 0 Å². The predicted molar refractivity (Wildman–Crippen MR) is 83.5 cm³/mol. The van der Waals surface area contributed by atoms with Crippen molar-refractivity contribution in [2.75, 3.05) is 13.7 Å². The molecule has 0 bridgehead atoms. The van der Waals surface area contributed by atoms with Crippen molar-refractivity contribution in [1.29, 1.82) is 5.26 Å². The molecule has 21 heavy (non-hydrogen) atoms. The Kier molecular flexibility index (Phi) is 5.51. The Morgan fingerprint density at radius 1 is 1.10 bits per heavy atom. The summed E-state index contributed by atoms with van der Waals surface area (Å²) in [5.41, 5.74) is 2.91. The molecule has 0 aliphatic heterocycles. The van der Waals surface area contributed by atoms with Gasteiger partial charge in [0.1, 0.15) is 0 Å². The van der Waals surface area contributed by atoms with Gasteiger partial charge in [0, 0.05) is 19.2 Å². The van der Waals surface area contributed by atoms with Crippen molar-refractivity contribution in [2.45, 2.75) is 19.0 Å². The maximum absolute atomic E-state index is 9.33. The molecule has 2 rings (SSSR count). The summed E-state index contributed by atoms with van der Waals surface area (Å²) < 4.78 is 0. The van der Waals surface area contributed by atoms with Gasteiger partial charge in [-0.25, -0.2) is 0 Å². The Hall–Kier alpha value is -2.15. The first-order valence-electron chi connectivity index (χ1n) is 7.10. The fourth-order valence-corrected chi connectivity index (χ4v) is 2.59. The maximum Gasteiger partial charge on any atom is 0.0995 e. The average molecular weight is 280 g/mol. The van der Waals surface area contributed by atoms with Crippen LogP contribution in [0.15, 0.2) is 54.6 Å². The summed E-state index contributed by atoms with van der Waals surface area (Å²) in [4.78, 5) is 2.18. The first kappa shape index (κ1) is 15.2. The SMILES string of the molecule is CN(Cc1ccccc1C#N)[C@H](CCO)c1ccccc1. The zero-order chi connectivity index (χ0) is 15.1. The van der Waals surface area contributed by atoms with Crippen molar-refractivity contribution < 1.29 is 5.11 Å². The van der Waals surface area contributed by atoms with Gasteiger partial charge in [0.25, 0.3) is 0 Å². The van der Waals surface area contributed by atoms with Crippen LogP contribution < -0.4 is 0 Å². The minimum atomic E-state index is 0.142. The minimum Gasteiger partial charge on any atom is -0.396 e. The van der Waals surface area contributed by atoms with Gasteiger partial charge in [-0.15, -0.1) is 0 Å². The third kappa shape index (κ3) is 3.91. The van der Waals surface area contributed by atoms with Gasteiger partial charge in [0.2, 0.25) is 0 Å². The smallest absolute Gasteiger partial charge is 0.0995 e. The number of hydrogen-bond acceptors (Lipinski definition) is 3. The van der Waals surface area contributed by atoms with Gasteiger partial charge in [-0.2, -0.15) is 5.26 Å². The van der Waals surface area contributed by atoms with Crippen LogP contribution in [0.1, 0.15) is 29.2 Å². The summed E-state index contributed by atoms with van der Waals surface area (Å²) in [6.07, 6.45) is 0.676. The van der Waals surface area contributed by atoms with Crippen molar-refractivity contribution in [2.24, 2.45) is 0 Å². The number of hydrogen-bond donors (Lipinski definition) is 1. The van der Waals surface area contributed by atoms with Crippen molar-refractivity contribution in [3.05, 3.63) is 71.3 Å². The number of aliphatic hydroxyl groups is 1. The molecule has 0 heterocycles. The average Bonchev–Trinajstić information content (AvgIpc) is 2.53. The molecule has 0 fully saturated rings. The highest BCUT2D eigenvalue weighted by Crippen LogP contribution is 2.25. The highest BCUT2D eigenvalue weighted by atomic mass is 16.3. The lowest BCUT2D eigenvalue weighted by Crippen LogP contribution is -2.25. The molecule has 0 radical (unpaired) electrons. The molecule has 0 aromatic heterocycles. The molecule has 0 saturated heterocycles. The van der Waals surface area contributed by atoms with Gasteiger partial charge in [-0.05, 0) is 30.7 Å². The van der Waals surface area contributed by atoms with E-state index in [2.05, 4.69) is 23.1 Å². The molecule has 0 aliphatic rings. The number of benzene rings is 2. The van der Waals surface area contributed by atoms with E-state index >= 15 is 0 Å². The molecule has 3 heteroatoms. The lowest BCUT2D eigenvalue weighted by atomic mass is 10.0. The quantitative estimate of drug-likeness (QED) is 0.884. The normalized spacial score (nSPS) is 12.1. The number of rotatable bonds is 6. The zero-order valence-corrected chi connectivity index (χ0v) is 12.2. The van der Waals surface area contributed by atoms with Gasteiger partial charge >= 0.3 is 0 Å². The molecule has 1 atom stereocenters. The van der Waals surface area contributed by atoms with Crippen LogP contribution in [0.4, 0.5) is 0 Å². The molecule has 3 nitrogen and oxygen atoms in total. The number of nitriles is 1. The largest absolute Gasteiger partial charge is 0.396 e. The van der Waals surface area contributed by atoms with E-state index in [4.69, 9.17) is 0 Å². The second-order valence-corrected chi connectivity index (χ2v) is 5.12. The Morgan fingerprint density at radius 3 is 2.43 bits per heavy atom. The van der Waals surface area contributed by atoms with Crippen LogP contribution in [0.5, 0.6) is 0 Å². The third-order valence-corrected chi connectivity index (χ3v) is 3.68. The summed E-state index contributed by atoms with van der Waals surface area (Å²) in [7, 11) is 2.03. The van der Waals surface area contributed by atoms with E-state index in [0.717, 1.165) is 5.56 Å². The molecular weight excluding hydrogens is 260 g/mol. The first-order valence-corrected chi connectivity index (χ1v) is 7.10. The number of nitrogens with zero attached hydrogens (tertiary/aromatic N) is 2. The van der Waals surface area contributed by atoms with Crippen molar-refractivity contribution in [1.82, 2.24) is 4.90 Å². The van der Waals surface area contributed by atoms with Gasteiger partial charge in [-0.1, -0.05) is 48.5 Å². The lowest BCUT2D eigenvalue weighted by molar-refractivity contribution is 0.180. The van der Waals surface area contributed by atoms with E-state index in [1.54, 1.807) is 0 Å². The summed E-state index contributed by atoms with van der Waals surface area (Å²) >= 11 is 0. The van der Waals surface area contributed by atoms with Gasteiger partial charge in [0.15, 0.2) is 0 Å². The first-order chi connectivity index (χ1) is 10.3. The molecule has 0 unspecified atom stereocenters. The van der Waals surface area contributed by atoms with E-state index in [9.17, 15) is 10.4 Å². The molecule has 0 amide bonds. The molecule has 0 aliphatic carbocycles. The van der Waals surface area contributed by atoms with Crippen LogP contribution in [0, 0.1) is 11.3 Å². The zero-order valence-electron chi connectivity index (χ0n) is 12.2. The Morgan fingerprint density at radius 2 is 1.76 bits per heavy atom. The summed E-state index contributed by atoms with van der Waals surface area (Å²) in [6, 6.07) is 20.2. The van der Waals surface area contributed by atoms with Crippen molar-refractivity contribution in [3.63, 3.8) is 0 Å². The Labute approximate surface area is 126 Å². The lowest BCUT2D eigenvalue weighted by Gasteiger charge is -2.28. The second-order valence-electron chi connectivity index (χ2n) is 5.12.